The molecule has 0 aromatic heterocycles. The highest BCUT2D eigenvalue weighted by Gasteiger charge is 2.38. The summed E-state index contributed by atoms with van der Waals surface area (Å²) in [6.07, 6.45) is 12.9. The molecule has 69 valence electrons. The predicted molar refractivity (Wildman–Crippen MR) is 56.5 cm³/mol. The molecule has 1 radical (unpaired) electrons. The molecule has 0 unspecified atom stereocenters. The van der Waals surface area contributed by atoms with Gasteiger partial charge in [-0.3, -0.25) is 0 Å². The van der Waals surface area contributed by atoms with Crippen LogP contribution >= 0.6 is 15.9 Å². The molecule has 2 saturated carbocycles. The lowest BCUT2D eigenvalue weighted by molar-refractivity contribution is 0.404. The Labute approximate surface area is 84.2 Å². The van der Waals surface area contributed by atoms with E-state index in [0.29, 0.717) is 4.32 Å². The van der Waals surface area contributed by atoms with E-state index in [1.54, 1.807) is 0 Å². The molecule has 0 N–H and O–H groups in total. The summed E-state index contributed by atoms with van der Waals surface area (Å²) in [7, 11) is 0. The van der Waals surface area contributed by atoms with E-state index in [4.69, 9.17) is 0 Å². The lowest BCUT2D eigenvalue weighted by Gasteiger charge is -2.36. The average molecular weight is 230 g/mol. The van der Waals surface area contributed by atoms with Gasteiger partial charge in [0.15, 0.2) is 0 Å². The van der Waals surface area contributed by atoms with Gasteiger partial charge in [-0.25, -0.2) is 0 Å². The summed E-state index contributed by atoms with van der Waals surface area (Å²) >= 11 is 3.99. The lowest BCUT2D eigenvalue weighted by Crippen LogP contribution is -2.30. The van der Waals surface area contributed by atoms with Gasteiger partial charge in [-0.2, -0.15) is 0 Å². The van der Waals surface area contributed by atoms with Gasteiger partial charge in [0.1, 0.15) is 0 Å². The summed E-state index contributed by atoms with van der Waals surface area (Å²) in [5.41, 5.74) is 0. The van der Waals surface area contributed by atoms with Crippen molar-refractivity contribution < 1.29 is 0 Å². The van der Waals surface area contributed by atoms with E-state index in [2.05, 4.69) is 15.9 Å². The van der Waals surface area contributed by atoms with Crippen molar-refractivity contribution >= 4 is 15.9 Å². The number of hydrogen-bond donors (Lipinski definition) is 0. The van der Waals surface area contributed by atoms with E-state index in [0.717, 1.165) is 0 Å². The molecule has 0 atom stereocenters. The minimum absolute atomic E-state index is 0.488. The topological polar surface area (TPSA) is 0 Å². The normalized spacial score (nSPS) is 30.8. The van der Waals surface area contributed by atoms with E-state index < -0.39 is 0 Å². The van der Waals surface area contributed by atoms with Crippen molar-refractivity contribution in [1.29, 1.82) is 0 Å². The van der Waals surface area contributed by atoms with E-state index in [-0.39, 0.29) is 0 Å². The summed E-state index contributed by atoms with van der Waals surface area (Å²) < 4.78 is 0.488. The van der Waals surface area contributed by atoms with Crippen molar-refractivity contribution in [2.75, 3.05) is 0 Å². The summed E-state index contributed by atoms with van der Waals surface area (Å²) in [4.78, 5) is 0. The average Bonchev–Trinajstić information content (AvgIpc) is 2.58. The number of halogens is 1. The molecule has 0 spiro atoms. The highest BCUT2D eigenvalue weighted by atomic mass is 79.9. The highest BCUT2D eigenvalue weighted by Crippen LogP contribution is 2.49. The van der Waals surface area contributed by atoms with Crippen LogP contribution in [0, 0.1) is 5.92 Å². The number of alkyl halides is 1. The van der Waals surface area contributed by atoms with Gasteiger partial charge in [0.25, 0.3) is 0 Å². The second kappa shape index (κ2) is 3.69. The van der Waals surface area contributed by atoms with E-state index in [1.807, 2.05) is 5.92 Å². The minimum atomic E-state index is 0.488. The molecule has 2 rings (SSSR count). The van der Waals surface area contributed by atoms with Crippen LogP contribution in [0.5, 0.6) is 0 Å². The quantitative estimate of drug-likeness (QED) is 0.591. The molecule has 0 aliphatic heterocycles. The smallest absolute Gasteiger partial charge is 0.0320 e. The zero-order chi connectivity index (χ0) is 8.44. The first-order valence-corrected chi connectivity index (χ1v) is 6.15. The van der Waals surface area contributed by atoms with Gasteiger partial charge in [0, 0.05) is 4.32 Å². The van der Waals surface area contributed by atoms with Crippen LogP contribution in [0.2, 0.25) is 0 Å². The fourth-order valence-corrected chi connectivity index (χ4v) is 3.67. The van der Waals surface area contributed by atoms with Crippen molar-refractivity contribution in [3.05, 3.63) is 5.92 Å². The lowest BCUT2D eigenvalue weighted by atomic mass is 9.79. The van der Waals surface area contributed by atoms with Crippen molar-refractivity contribution in [3.63, 3.8) is 0 Å². The Balaban J connectivity index is 1.97. The third kappa shape index (κ3) is 1.71. The van der Waals surface area contributed by atoms with Crippen LogP contribution < -0.4 is 0 Å². The Bertz CT molecular complexity index is 141. The monoisotopic (exact) mass is 229 g/mol. The maximum Gasteiger partial charge on any atom is 0.0320 e. The zero-order valence-electron chi connectivity index (χ0n) is 7.74. The van der Waals surface area contributed by atoms with Crippen molar-refractivity contribution in [2.24, 2.45) is 0 Å². The fraction of sp³-hybridized carbons (Fsp3) is 0.909. The van der Waals surface area contributed by atoms with Crippen LogP contribution in [0.4, 0.5) is 0 Å². The van der Waals surface area contributed by atoms with Crippen molar-refractivity contribution in [1.82, 2.24) is 0 Å². The Morgan fingerprint density at radius 1 is 0.833 bits per heavy atom. The first-order valence-electron chi connectivity index (χ1n) is 5.35. The molecular formula is C11H18Br. The second-order valence-corrected chi connectivity index (χ2v) is 5.85. The van der Waals surface area contributed by atoms with Gasteiger partial charge in [0.2, 0.25) is 0 Å². The van der Waals surface area contributed by atoms with Gasteiger partial charge in [0.05, 0.1) is 0 Å². The molecule has 2 aliphatic rings. The van der Waals surface area contributed by atoms with Gasteiger partial charge < -0.3 is 0 Å². The Kier molecular flexibility index (Phi) is 2.78. The molecule has 0 nitrogen and oxygen atoms in total. The maximum absolute atomic E-state index is 3.99. The van der Waals surface area contributed by atoms with Gasteiger partial charge in [-0.05, 0) is 31.6 Å². The second-order valence-electron chi connectivity index (χ2n) is 4.34. The zero-order valence-corrected chi connectivity index (χ0v) is 9.33. The van der Waals surface area contributed by atoms with Crippen molar-refractivity contribution in [2.45, 2.75) is 62.1 Å². The Morgan fingerprint density at radius 3 is 2.00 bits per heavy atom. The van der Waals surface area contributed by atoms with Crippen LogP contribution in [-0.4, -0.2) is 4.32 Å². The van der Waals surface area contributed by atoms with E-state index in [9.17, 15) is 0 Å². The molecule has 0 saturated heterocycles. The Hall–Kier alpha value is 0.480. The molecule has 1 heteroatoms. The summed E-state index contributed by atoms with van der Waals surface area (Å²) in [6.45, 7) is 0. The maximum atomic E-state index is 3.99. The van der Waals surface area contributed by atoms with E-state index in [1.165, 1.54) is 57.8 Å². The van der Waals surface area contributed by atoms with Crippen molar-refractivity contribution in [3.8, 4) is 0 Å². The number of rotatable bonds is 1. The predicted octanol–water partition coefficient (Wildman–Crippen LogP) is 4.23. The largest absolute Gasteiger partial charge is 0.0847 e. The van der Waals surface area contributed by atoms with Gasteiger partial charge in [-0.15, -0.1) is 0 Å². The standard InChI is InChI=1S/C11H18Br/c12-11(8-4-1-5-9-11)10-6-2-3-7-10/h1-9H2. The van der Waals surface area contributed by atoms with Crippen LogP contribution in [0.25, 0.3) is 0 Å². The molecule has 2 aliphatic carbocycles. The molecule has 2 fully saturated rings. The third-order valence-electron chi connectivity index (χ3n) is 3.49. The first-order chi connectivity index (χ1) is 5.81. The first kappa shape index (κ1) is 9.05. The molecular weight excluding hydrogens is 212 g/mol. The highest BCUT2D eigenvalue weighted by molar-refractivity contribution is 9.10. The molecule has 0 heterocycles. The van der Waals surface area contributed by atoms with E-state index >= 15 is 0 Å². The summed E-state index contributed by atoms with van der Waals surface area (Å²) in [6, 6.07) is 0. The minimum Gasteiger partial charge on any atom is -0.0847 e. The fourth-order valence-electron chi connectivity index (χ4n) is 2.72. The molecule has 0 aromatic carbocycles. The molecule has 0 amide bonds. The number of hydrogen-bond acceptors (Lipinski definition) is 0. The Morgan fingerprint density at radius 2 is 1.42 bits per heavy atom. The van der Waals surface area contributed by atoms with Gasteiger partial charge >= 0.3 is 0 Å². The molecule has 12 heavy (non-hydrogen) atoms. The van der Waals surface area contributed by atoms with Crippen LogP contribution in [0.3, 0.4) is 0 Å². The third-order valence-corrected chi connectivity index (χ3v) is 4.84. The van der Waals surface area contributed by atoms with Crippen LogP contribution in [-0.2, 0) is 0 Å². The molecule has 0 bridgehead atoms. The van der Waals surface area contributed by atoms with Crippen LogP contribution in [0.15, 0.2) is 0 Å². The van der Waals surface area contributed by atoms with Gasteiger partial charge in [-0.1, -0.05) is 48.0 Å². The molecule has 0 aromatic rings. The summed E-state index contributed by atoms with van der Waals surface area (Å²) in [5, 5.41) is 0. The SMILES string of the molecule is BrC1([C]2CCCC2)CCCCC1. The summed E-state index contributed by atoms with van der Waals surface area (Å²) in [5.74, 6) is 1.84. The van der Waals surface area contributed by atoms with Crippen LogP contribution in [0.1, 0.15) is 57.8 Å².